The topological polar surface area (TPSA) is 79.8 Å². The van der Waals surface area contributed by atoms with E-state index in [1.54, 1.807) is 0 Å². The Balaban J connectivity index is 2.49. The number of sulfone groups is 1. The van der Waals surface area contributed by atoms with Crippen LogP contribution in [-0.2, 0) is 14.6 Å². The van der Waals surface area contributed by atoms with E-state index < -0.39 is 9.84 Å². The fraction of sp³-hybridized carbons (Fsp3) is 0.562. The summed E-state index contributed by atoms with van der Waals surface area (Å²) in [6.45, 7) is 5.87. The summed E-state index contributed by atoms with van der Waals surface area (Å²) in [6, 6.07) is 8.13. The summed E-state index contributed by atoms with van der Waals surface area (Å²) in [5.74, 6) is 0.737. The lowest BCUT2D eigenvalue weighted by molar-refractivity contribution is 0.157. The summed E-state index contributed by atoms with van der Waals surface area (Å²) >= 11 is 3.55. The first-order valence-corrected chi connectivity index (χ1v) is 10.7. The molecule has 0 aromatic heterocycles. The first kappa shape index (κ1) is 20.9. The predicted octanol–water partition coefficient (Wildman–Crippen LogP) is 2.13. The van der Waals surface area contributed by atoms with Gasteiger partial charge in [-0.05, 0) is 25.5 Å². The number of ether oxygens (including phenoxy) is 1. The second-order valence-electron chi connectivity index (χ2n) is 5.39. The van der Waals surface area contributed by atoms with E-state index in [9.17, 15) is 8.42 Å². The van der Waals surface area contributed by atoms with Gasteiger partial charge in [0.2, 0.25) is 0 Å². The summed E-state index contributed by atoms with van der Waals surface area (Å²) in [5.41, 5.74) is 1.15. The standard InChI is InChI=1S/C16H26BrN3O3S/c1-4-18-16(19-9-10-23-11-12-24(3,21)22)20-13(2)14-7-5-6-8-15(14)17/h5-8,13H,4,9-12H2,1-3H3,(H2,18,19,20). The van der Waals surface area contributed by atoms with Crippen molar-refractivity contribution in [2.24, 2.45) is 4.99 Å². The molecule has 0 bridgehead atoms. The van der Waals surface area contributed by atoms with E-state index in [4.69, 9.17) is 4.74 Å². The minimum absolute atomic E-state index is 0.0358. The number of aliphatic imine (C=N–C) groups is 1. The van der Waals surface area contributed by atoms with Gasteiger partial charge < -0.3 is 15.4 Å². The summed E-state index contributed by atoms with van der Waals surface area (Å²) in [6.07, 6.45) is 1.20. The van der Waals surface area contributed by atoms with Gasteiger partial charge in [-0.15, -0.1) is 0 Å². The highest BCUT2D eigenvalue weighted by molar-refractivity contribution is 9.10. The van der Waals surface area contributed by atoms with Crippen LogP contribution in [0, 0.1) is 0 Å². The lowest BCUT2D eigenvalue weighted by Crippen LogP contribution is -2.39. The molecule has 0 spiro atoms. The Labute approximate surface area is 153 Å². The largest absolute Gasteiger partial charge is 0.378 e. The minimum Gasteiger partial charge on any atom is -0.378 e. The highest BCUT2D eigenvalue weighted by Crippen LogP contribution is 2.22. The zero-order chi connectivity index (χ0) is 18.0. The van der Waals surface area contributed by atoms with Gasteiger partial charge in [0.15, 0.2) is 5.96 Å². The van der Waals surface area contributed by atoms with Gasteiger partial charge in [0.1, 0.15) is 9.84 Å². The zero-order valence-corrected chi connectivity index (χ0v) is 16.8. The first-order valence-electron chi connectivity index (χ1n) is 7.88. The van der Waals surface area contributed by atoms with Gasteiger partial charge in [-0.3, -0.25) is 4.99 Å². The number of rotatable bonds is 9. The summed E-state index contributed by atoms with van der Waals surface area (Å²) in [7, 11) is -2.98. The van der Waals surface area contributed by atoms with Gasteiger partial charge in [0, 0.05) is 17.3 Å². The maximum Gasteiger partial charge on any atom is 0.191 e. The SMILES string of the molecule is CCNC(=NCCOCCS(C)(=O)=O)NC(C)c1ccccc1Br. The smallest absolute Gasteiger partial charge is 0.191 e. The lowest BCUT2D eigenvalue weighted by Gasteiger charge is -2.19. The van der Waals surface area contributed by atoms with E-state index >= 15 is 0 Å². The Bertz CT molecular complexity index is 635. The van der Waals surface area contributed by atoms with Crippen LogP contribution in [0.2, 0.25) is 0 Å². The molecule has 0 aliphatic heterocycles. The molecule has 1 unspecified atom stereocenters. The highest BCUT2D eigenvalue weighted by atomic mass is 79.9. The van der Waals surface area contributed by atoms with E-state index in [1.165, 1.54) is 6.26 Å². The summed E-state index contributed by atoms with van der Waals surface area (Å²) in [4.78, 5) is 4.45. The molecule has 0 aliphatic rings. The minimum atomic E-state index is -2.98. The van der Waals surface area contributed by atoms with E-state index in [-0.39, 0.29) is 18.4 Å². The van der Waals surface area contributed by atoms with Gasteiger partial charge in [-0.25, -0.2) is 8.42 Å². The molecule has 0 fully saturated rings. The summed E-state index contributed by atoms with van der Waals surface area (Å²) < 4.78 is 28.4. The van der Waals surface area contributed by atoms with Gasteiger partial charge in [0.25, 0.3) is 0 Å². The third-order valence-electron chi connectivity index (χ3n) is 3.17. The molecule has 1 aromatic rings. The molecule has 1 atom stereocenters. The van der Waals surface area contributed by atoms with Gasteiger partial charge in [-0.2, -0.15) is 0 Å². The molecule has 6 nitrogen and oxygen atoms in total. The van der Waals surface area contributed by atoms with E-state index in [1.807, 2.05) is 25.1 Å². The quantitative estimate of drug-likeness (QED) is 0.364. The molecule has 1 rings (SSSR count). The van der Waals surface area contributed by atoms with Crippen molar-refractivity contribution in [1.82, 2.24) is 10.6 Å². The van der Waals surface area contributed by atoms with Crippen molar-refractivity contribution in [1.29, 1.82) is 0 Å². The number of nitrogens with zero attached hydrogens (tertiary/aromatic N) is 1. The van der Waals surface area contributed by atoms with Crippen molar-refractivity contribution < 1.29 is 13.2 Å². The molecular weight excluding hydrogens is 394 g/mol. The van der Waals surface area contributed by atoms with Gasteiger partial charge in [0.05, 0.1) is 31.6 Å². The van der Waals surface area contributed by atoms with Crippen molar-refractivity contribution in [2.45, 2.75) is 19.9 Å². The maximum atomic E-state index is 11.0. The molecular formula is C16H26BrN3O3S. The highest BCUT2D eigenvalue weighted by Gasteiger charge is 2.10. The van der Waals surface area contributed by atoms with Crippen LogP contribution in [0.15, 0.2) is 33.7 Å². The van der Waals surface area contributed by atoms with Crippen molar-refractivity contribution in [2.75, 3.05) is 38.3 Å². The number of hydrogen-bond acceptors (Lipinski definition) is 4. The van der Waals surface area contributed by atoms with E-state index in [2.05, 4.69) is 44.5 Å². The van der Waals surface area contributed by atoms with Crippen molar-refractivity contribution in [3.63, 3.8) is 0 Å². The fourth-order valence-electron chi connectivity index (χ4n) is 1.96. The van der Waals surface area contributed by atoms with Crippen LogP contribution in [0.1, 0.15) is 25.5 Å². The third kappa shape index (κ3) is 8.65. The molecule has 8 heteroatoms. The Kier molecular flexibility index (Phi) is 9.31. The average Bonchev–Trinajstić information content (AvgIpc) is 2.50. The molecule has 24 heavy (non-hydrogen) atoms. The van der Waals surface area contributed by atoms with Crippen LogP contribution in [0.25, 0.3) is 0 Å². The third-order valence-corrected chi connectivity index (χ3v) is 4.80. The first-order chi connectivity index (χ1) is 11.3. The van der Waals surface area contributed by atoms with Crippen LogP contribution in [0.4, 0.5) is 0 Å². The Hall–Kier alpha value is -1.12. The molecule has 0 aliphatic carbocycles. The maximum absolute atomic E-state index is 11.0. The molecule has 136 valence electrons. The monoisotopic (exact) mass is 419 g/mol. The van der Waals surface area contributed by atoms with E-state index in [0.29, 0.717) is 19.1 Å². The Morgan fingerprint density at radius 3 is 2.67 bits per heavy atom. The Morgan fingerprint density at radius 1 is 1.33 bits per heavy atom. The van der Waals surface area contributed by atoms with Crippen LogP contribution in [-0.4, -0.2) is 52.7 Å². The molecule has 0 saturated heterocycles. The van der Waals surface area contributed by atoms with Crippen LogP contribution in [0.3, 0.4) is 0 Å². The van der Waals surface area contributed by atoms with Crippen molar-refractivity contribution in [3.05, 3.63) is 34.3 Å². The number of hydrogen-bond donors (Lipinski definition) is 2. The zero-order valence-electron chi connectivity index (χ0n) is 14.4. The van der Waals surface area contributed by atoms with Crippen molar-refractivity contribution >= 4 is 31.7 Å². The van der Waals surface area contributed by atoms with E-state index in [0.717, 1.165) is 16.6 Å². The summed E-state index contributed by atoms with van der Waals surface area (Å²) in [5, 5.41) is 6.54. The van der Waals surface area contributed by atoms with Crippen molar-refractivity contribution in [3.8, 4) is 0 Å². The lowest BCUT2D eigenvalue weighted by atomic mass is 10.1. The second-order valence-corrected chi connectivity index (χ2v) is 8.50. The molecule has 1 aromatic carbocycles. The number of halogens is 1. The number of benzene rings is 1. The average molecular weight is 420 g/mol. The fourth-order valence-corrected chi connectivity index (χ4v) is 3.01. The Morgan fingerprint density at radius 2 is 2.04 bits per heavy atom. The molecule has 0 heterocycles. The normalized spacial score (nSPS) is 13.6. The predicted molar refractivity (Wildman–Crippen MR) is 102 cm³/mol. The van der Waals surface area contributed by atoms with Gasteiger partial charge in [-0.1, -0.05) is 34.1 Å². The van der Waals surface area contributed by atoms with Gasteiger partial charge >= 0.3 is 0 Å². The second kappa shape index (κ2) is 10.7. The van der Waals surface area contributed by atoms with Crippen LogP contribution < -0.4 is 10.6 Å². The van der Waals surface area contributed by atoms with Crippen LogP contribution in [0.5, 0.6) is 0 Å². The van der Waals surface area contributed by atoms with Crippen LogP contribution >= 0.6 is 15.9 Å². The molecule has 0 amide bonds. The molecule has 0 saturated carbocycles. The molecule has 2 N–H and O–H groups in total. The molecule has 0 radical (unpaired) electrons. The number of nitrogens with one attached hydrogen (secondary N) is 2. The number of guanidine groups is 1.